The van der Waals surface area contributed by atoms with Gasteiger partial charge in [-0.25, -0.2) is 0 Å². The van der Waals surface area contributed by atoms with Crippen LogP contribution in [0.1, 0.15) is 31.2 Å². The Labute approximate surface area is 115 Å². The van der Waals surface area contributed by atoms with Crippen molar-refractivity contribution < 1.29 is 18.0 Å². The summed E-state index contributed by atoms with van der Waals surface area (Å²) in [5.74, 6) is -0.325. The van der Waals surface area contributed by atoms with Crippen molar-refractivity contribution in [2.24, 2.45) is 0 Å². The van der Waals surface area contributed by atoms with E-state index in [1.54, 1.807) is 0 Å². The largest absolute Gasteiger partial charge is 0.391 e. The fourth-order valence-electron chi connectivity index (χ4n) is 2.49. The van der Waals surface area contributed by atoms with Crippen molar-refractivity contribution in [2.45, 2.75) is 37.9 Å². The molecule has 1 aliphatic heterocycles. The lowest BCUT2D eigenvalue weighted by Gasteiger charge is -2.17. The number of benzene rings is 1. The van der Waals surface area contributed by atoms with Gasteiger partial charge in [-0.2, -0.15) is 13.2 Å². The van der Waals surface area contributed by atoms with E-state index in [-0.39, 0.29) is 18.2 Å². The van der Waals surface area contributed by atoms with Crippen molar-refractivity contribution in [3.05, 3.63) is 29.8 Å². The molecule has 0 saturated heterocycles. The summed E-state index contributed by atoms with van der Waals surface area (Å²) in [7, 11) is 0. The molecule has 2 atom stereocenters. The maximum atomic E-state index is 12.2. The molecule has 1 aromatic carbocycles. The molecule has 110 valence electrons. The molecule has 2 rings (SSSR count). The summed E-state index contributed by atoms with van der Waals surface area (Å²) in [4.78, 5) is 11.8. The van der Waals surface area contributed by atoms with Crippen molar-refractivity contribution >= 4 is 11.6 Å². The molecule has 1 amide bonds. The van der Waals surface area contributed by atoms with E-state index >= 15 is 0 Å². The third kappa shape index (κ3) is 3.88. The zero-order valence-corrected chi connectivity index (χ0v) is 11.1. The second-order valence-corrected chi connectivity index (χ2v) is 5.16. The van der Waals surface area contributed by atoms with Crippen LogP contribution in [0.15, 0.2) is 24.3 Å². The number of hydrogen-bond donors (Lipinski definition) is 2. The Bertz CT molecular complexity index is 488. The highest BCUT2D eigenvalue weighted by atomic mass is 19.4. The van der Waals surface area contributed by atoms with Gasteiger partial charge in [0.25, 0.3) is 0 Å². The van der Waals surface area contributed by atoms with Gasteiger partial charge in [-0.15, -0.1) is 0 Å². The van der Waals surface area contributed by atoms with Gasteiger partial charge < -0.3 is 10.6 Å². The predicted molar refractivity (Wildman–Crippen MR) is 70.6 cm³/mol. The molecule has 20 heavy (non-hydrogen) atoms. The van der Waals surface area contributed by atoms with Crippen LogP contribution in [0.25, 0.3) is 0 Å². The summed E-state index contributed by atoms with van der Waals surface area (Å²) in [6.45, 7) is 2.01. The number of anilines is 1. The van der Waals surface area contributed by atoms with E-state index in [9.17, 15) is 18.0 Å². The van der Waals surface area contributed by atoms with Gasteiger partial charge in [-0.1, -0.05) is 18.2 Å². The van der Waals surface area contributed by atoms with E-state index in [1.807, 2.05) is 24.3 Å². The Morgan fingerprint density at radius 2 is 2.15 bits per heavy atom. The first-order valence-corrected chi connectivity index (χ1v) is 6.54. The van der Waals surface area contributed by atoms with Gasteiger partial charge in [0, 0.05) is 30.6 Å². The molecule has 0 saturated carbocycles. The molecule has 0 bridgehead atoms. The standard InChI is InChI=1S/C14H17F3N2O/c1-9(7-14(15,16)17)19-13(20)6-10-8-18-12-5-3-2-4-11(10)12/h2-5,9-10,18H,6-8H2,1H3,(H,19,20). The average Bonchev–Trinajstić information content (AvgIpc) is 2.70. The first kappa shape index (κ1) is 14.7. The highest BCUT2D eigenvalue weighted by Gasteiger charge is 2.31. The summed E-state index contributed by atoms with van der Waals surface area (Å²) in [6.07, 6.45) is -5.06. The number of alkyl halides is 3. The van der Waals surface area contributed by atoms with Crippen molar-refractivity contribution in [2.75, 3.05) is 11.9 Å². The summed E-state index contributed by atoms with van der Waals surface area (Å²) in [5, 5.41) is 5.59. The number of fused-ring (bicyclic) bond motifs is 1. The number of halogens is 3. The molecule has 2 N–H and O–H groups in total. The number of rotatable bonds is 4. The Morgan fingerprint density at radius 3 is 2.85 bits per heavy atom. The monoisotopic (exact) mass is 286 g/mol. The third-order valence-electron chi connectivity index (χ3n) is 3.32. The van der Waals surface area contributed by atoms with Crippen LogP contribution in [0.2, 0.25) is 0 Å². The van der Waals surface area contributed by atoms with Crippen molar-refractivity contribution in [3.8, 4) is 0 Å². The minimum absolute atomic E-state index is 0.0179. The number of carbonyl (C=O) groups excluding carboxylic acids is 1. The molecule has 0 fully saturated rings. The lowest BCUT2D eigenvalue weighted by atomic mass is 9.97. The van der Waals surface area contributed by atoms with Crippen LogP contribution in [-0.2, 0) is 4.79 Å². The van der Waals surface area contributed by atoms with E-state index in [1.165, 1.54) is 6.92 Å². The van der Waals surface area contributed by atoms with Gasteiger partial charge in [0.2, 0.25) is 5.91 Å². The number of carbonyl (C=O) groups is 1. The van der Waals surface area contributed by atoms with E-state index in [2.05, 4.69) is 10.6 Å². The Morgan fingerprint density at radius 1 is 1.45 bits per heavy atom. The van der Waals surface area contributed by atoms with E-state index in [4.69, 9.17) is 0 Å². The minimum Gasteiger partial charge on any atom is -0.384 e. The fourth-order valence-corrected chi connectivity index (χ4v) is 2.49. The second-order valence-electron chi connectivity index (χ2n) is 5.16. The quantitative estimate of drug-likeness (QED) is 0.893. The highest BCUT2D eigenvalue weighted by Crippen LogP contribution is 2.33. The lowest BCUT2D eigenvalue weighted by Crippen LogP contribution is -2.36. The van der Waals surface area contributed by atoms with Crippen LogP contribution in [0.5, 0.6) is 0 Å². The predicted octanol–water partition coefficient (Wildman–Crippen LogP) is 3.04. The average molecular weight is 286 g/mol. The zero-order chi connectivity index (χ0) is 14.8. The molecule has 6 heteroatoms. The first-order valence-electron chi connectivity index (χ1n) is 6.54. The summed E-state index contributed by atoms with van der Waals surface area (Å²) >= 11 is 0. The molecule has 0 aliphatic carbocycles. The number of nitrogens with one attached hydrogen (secondary N) is 2. The Kier molecular flexibility index (Phi) is 4.20. The molecule has 1 heterocycles. The van der Waals surface area contributed by atoms with Crippen LogP contribution < -0.4 is 10.6 Å². The third-order valence-corrected chi connectivity index (χ3v) is 3.32. The van der Waals surface area contributed by atoms with Gasteiger partial charge in [-0.05, 0) is 18.6 Å². The normalized spacial score (nSPS) is 19.1. The molecule has 2 unspecified atom stereocenters. The Hall–Kier alpha value is -1.72. The van der Waals surface area contributed by atoms with E-state index in [0.29, 0.717) is 6.54 Å². The number of para-hydroxylation sites is 1. The van der Waals surface area contributed by atoms with Crippen LogP contribution >= 0.6 is 0 Å². The fraction of sp³-hybridized carbons (Fsp3) is 0.500. The van der Waals surface area contributed by atoms with Gasteiger partial charge in [0.15, 0.2) is 0 Å². The smallest absolute Gasteiger partial charge is 0.384 e. The molecule has 1 aromatic rings. The van der Waals surface area contributed by atoms with E-state index < -0.39 is 18.6 Å². The molecule has 0 spiro atoms. The van der Waals surface area contributed by atoms with Crippen molar-refractivity contribution in [1.82, 2.24) is 5.32 Å². The summed E-state index contributed by atoms with van der Waals surface area (Å²) in [6, 6.07) is 6.77. The highest BCUT2D eigenvalue weighted by molar-refractivity contribution is 5.78. The van der Waals surface area contributed by atoms with Crippen LogP contribution in [0.4, 0.5) is 18.9 Å². The van der Waals surface area contributed by atoms with Crippen molar-refractivity contribution in [1.29, 1.82) is 0 Å². The maximum absolute atomic E-state index is 12.2. The molecular formula is C14H17F3N2O. The number of amides is 1. The minimum atomic E-state index is -4.26. The number of hydrogen-bond acceptors (Lipinski definition) is 2. The zero-order valence-electron chi connectivity index (χ0n) is 11.1. The maximum Gasteiger partial charge on any atom is 0.391 e. The molecule has 0 aromatic heterocycles. The summed E-state index contributed by atoms with van der Waals surface area (Å²) < 4.78 is 36.6. The van der Waals surface area contributed by atoms with E-state index in [0.717, 1.165) is 11.3 Å². The molecule has 0 radical (unpaired) electrons. The topological polar surface area (TPSA) is 41.1 Å². The van der Waals surface area contributed by atoms with Crippen LogP contribution in [-0.4, -0.2) is 24.7 Å². The molecular weight excluding hydrogens is 269 g/mol. The van der Waals surface area contributed by atoms with Gasteiger partial charge in [-0.3, -0.25) is 4.79 Å². The van der Waals surface area contributed by atoms with Crippen LogP contribution in [0, 0.1) is 0 Å². The SMILES string of the molecule is CC(CC(F)(F)F)NC(=O)CC1CNc2ccccc21. The molecule has 3 nitrogen and oxygen atoms in total. The lowest BCUT2D eigenvalue weighted by molar-refractivity contribution is -0.141. The molecule has 1 aliphatic rings. The Balaban J connectivity index is 1.87. The van der Waals surface area contributed by atoms with Crippen LogP contribution in [0.3, 0.4) is 0 Å². The van der Waals surface area contributed by atoms with Gasteiger partial charge in [0.1, 0.15) is 0 Å². The summed E-state index contributed by atoms with van der Waals surface area (Å²) in [5.41, 5.74) is 2.04. The first-order chi connectivity index (χ1) is 9.35. The van der Waals surface area contributed by atoms with Gasteiger partial charge >= 0.3 is 6.18 Å². The van der Waals surface area contributed by atoms with Gasteiger partial charge in [0.05, 0.1) is 6.42 Å². The second kappa shape index (κ2) is 5.73. The van der Waals surface area contributed by atoms with Crippen molar-refractivity contribution in [3.63, 3.8) is 0 Å².